The van der Waals surface area contributed by atoms with Crippen molar-refractivity contribution >= 4 is 8.32 Å². The molecule has 0 aromatic heterocycles. The molecule has 0 saturated carbocycles. The van der Waals surface area contributed by atoms with Crippen molar-refractivity contribution in [3.05, 3.63) is 17.9 Å². The van der Waals surface area contributed by atoms with Gasteiger partial charge in [-0.3, -0.25) is 0 Å². The Labute approximate surface area is 103 Å². The van der Waals surface area contributed by atoms with Crippen LogP contribution in [0.5, 0.6) is 0 Å². The van der Waals surface area contributed by atoms with E-state index in [2.05, 4.69) is 45.7 Å². The molecule has 0 aliphatic rings. The quantitative estimate of drug-likeness (QED) is 0.364. The Morgan fingerprint density at radius 3 is 2.31 bits per heavy atom. The fraction of sp³-hybridized carbons (Fsp3) is 0.786. The lowest BCUT2D eigenvalue weighted by atomic mass is 10.2. The van der Waals surface area contributed by atoms with E-state index < -0.39 is 8.32 Å². The summed E-state index contributed by atoms with van der Waals surface area (Å²) in [5.41, 5.74) is 3.10. The van der Waals surface area contributed by atoms with Gasteiger partial charge in [0.2, 0.25) is 0 Å². The van der Waals surface area contributed by atoms with Crippen LogP contribution in [0.25, 0.3) is 0 Å². The van der Waals surface area contributed by atoms with Crippen molar-refractivity contribution in [1.82, 2.24) is 0 Å². The molecule has 0 atom stereocenters. The monoisotopic (exact) mass is 240 g/mol. The third-order valence-corrected chi connectivity index (χ3v) is 7.83. The number of hydrogen-bond donors (Lipinski definition) is 0. The zero-order valence-corrected chi connectivity index (χ0v) is 12.9. The standard InChI is InChI=1S/C14H28OSi/c1-7-8-9-10-11-12-13-15-16(5,6)14(2,3)4/h7,9H,10-13H2,1-6H3. The van der Waals surface area contributed by atoms with E-state index in [1.807, 2.05) is 13.0 Å². The number of rotatable bonds is 6. The molecule has 0 saturated heterocycles. The molecule has 0 fully saturated rings. The summed E-state index contributed by atoms with van der Waals surface area (Å²) in [5, 5.41) is 0.331. The summed E-state index contributed by atoms with van der Waals surface area (Å²) in [6, 6.07) is 0. The Morgan fingerprint density at radius 2 is 1.81 bits per heavy atom. The first-order valence-corrected chi connectivity index (χ1v) is 9.21. The minimum atomic E-state index is -1.51. The van der Waals surface area contributed by atoms with Gasteiger partial charge in [0.1, 0.15) is 0 Å². The van der Waals surface area contributed by atoms with Gasteiger partial charge in [-0.1, -0.05) is 20.8 Å². The number of hydrogen-bond acceptors (Lipinski definition) is 1. The Bertz CT molecular complexity index is 242. The average Bonchev–Trinajstić information content (AvgIpc) is 2.14. The number of allylic oxidation sites excluding steroid dienone is 1. The van der Waals surface area contributed by atoms with Crippen LogP contribution in [0.15, 0.2) is 17.9 Å². The van der Waals surface area contributed by atoms with E-state index in [1.54, 1.807) is 0 Å². The van der Waals surface area contributed by atoms with Crippen LogP contribution in [0.4, 0.5) is 0 Å². The molecule has 0 radical (unpaired) electrons. The van der Waals surface area contributed by atoms with E-state index in [4.69, 9.17) is 4.43 Å². The van der Waals surface area contributed by atoms with Gasteiger partial charge >= 0.3 is 0 Å². The molecule has 0 aromatic rings. The van der Waals surface area contributed by atoms with E-state index in [0.29, 0.717) is 5.04 Å². The summed E-state index contributed by atoms with van der Waals surface area (Å²) in [6.07, 6.45) is 7.54. The zero-order chi connectivity index (χ0) is 12.7. The normalized spacial score (nSPS) is 12.1. The van der Waals surface area contributed by atoms with Gasteiger partial charge in [-0.25, -0.2) is 0 Å². The lowest BCUT2D eigenvalue weighted by molar-refractivity contribution is 0.279. The Balaban J connectivity index is 3.71. The molecule has 0 heterocycles. The van der Waals surface area contributed by atoms with Gasteiger partial charge in [0.15, 0.2) is 8.32 Å². The molecule has 0 aromatic carbocycles. The van der Waals surface area contributed by atoms with Crippen LogP contribution < -0.4 is 0 Å². The van der Waals surface area contributed by atoms with Crippen LogP contribution in [0, 0.1) is 0 Å². The second kappa shape index (κ2) is 7.11. The highest BCUT2D eigenvalue weighted by Crippen LogP contribution is 2.36. The van der Waals surface area contributed by atoms with Gasteiger partial charge in [0.25, 0.3) is 0 Å². The first-order valence-electron chi connectivity index (χ1n) is 6.31. The van der Waals surface area contributed by atoms with Gasteiger partial charge < -0.3 is 4.43 Å². The third-order valence-electron chi connectivity index (χ3n) is 3.30. The van der Waals surface area contributed by atoms with E-state index in [1.165, 1.54) is 6.42 Å². The smallest absolute Gasteiger partial charge is 0.191 e. The number of unbranched alkanes of at least 4 members (excludes halogenated alkanes) is 2. The SMILES string of the molecule is CC=C=CCCCCO[Si](C)(C)C(C)(C)C. The molecular formula is C14H28OSi. The van der Waals surface area contributed by atoms with Crippen molar-refractivity contribution < 1.29 is 4.43 Å². The summed E-state index contributed by atoms with van der Waals surface area (Å²) < 4.78 is 6.10. The predicted molar refractivity (Wildman–Crippen MR) is 75.3 cm³/mol. The lowest BCUT2D eigenvalue weighted by Gasteiger charge is -2.36. The second-order valence-electron chi connectivity index (χ2n) is 5.76. The first-order chi connectivity index (χ1) is 7.31. The maximum absolute atomic E-state index is 6.10. The van der Waals surface area contributed by atoms with Crippen LogP contribution in [0.2, 0.25) is 18.1 Å². The summed E-state index contributed by atoms with van der Waals surface area (Å²) in [4.78, 5) is 0. The van der Waals surface area contributed by atoms with Gasteiger partial charge in [-0.2, -0.15) is 0 Å². The average molecular weight is 240 g/mol. The lowest BCUT2D eigenvalue weighted by Crippen LogP contribution is -2.40. The van der Waals surface area contributed by atoms with E-state index in [0.717, 1.165) is 19.4 Å². The fourth-order valence-corrected chi connectivity index (χ4v) is 2.18. The summed E-state index contributed by atoms with van der Waals surface area (Å²) in [5.74, 6) is 0. The Morgan fingerprint density at radius 1 is 1.19 bits per heavy atom. The maximum atomic E-state index is 6.10. The summed E-state index contributed by atoms with van der Waals surface area (Å²) in [7, 11) is -1.51. The molecule has 0 bridgehead atoms. The minimum Gasteiger partial charge on any atom is -0.417 e. The molecule has 0 rings (SSSR count). The molecule has 94 valence electrons. The molecule has 2 heteroatoms. The minimum absolute atomic E-state index is 0.331. The van der Waals surface area contributed by atoms with E-state index in [-0.39, 0.29) is 0 Å². The van der Waals surface area contributed by atoms with Gasteiger partial charge in [-0.15, -0.1) is 5.73 Å². The molecule has 0 spiro atoms. The van der Waals surface area contributed by atoms with Crippen molar-refractivity contribution in [1.29, 1.82) is 0 Å². The van der Waals surface area contributed by atoms with Crippen LogP contribution in [-0.2, 0) is 4.43 Å². The predicted octanol–water partition coefficient (Wildman–Crippen LogP) is 4.91. The van der Waals surface area contributed by atoms with Crippen LogP contribution in [0.3, 0.4) is 0 Å². The van der Waals surface area contributed by atoms with Gasteiger partial charge in [0.05, 0.1) is 0 Å². The highest BCUT2D eigenvalue weighted by molar-refractivity contribution is 6.74. The van der Waals surface area contributed by atoms with Crippen molar-refractivity contribution in [2.24, 2.45) is 0 Å². The van der Waals surface area contributed by atoms with E-state index in [9.17, 15) is 0 Å². The van der Waals surface area contributed by atoms with Crippen molar-refractivity contribution in [2.75, 3.05) is 6.61 Å². The van der Waals surface area contributed by atoms with Crippen molar-refractivity contribution in [3.8, 4) is 0 Å². The summed E-state index contributed by atoms with van der Waals surface area (Å²) >= 11 is 0. The van der Waals surface area contributed by atoms with Crippen LogP contribution in [0.1, 0.15) is 47.0 Å². The Hall–Kier alpha value is -0.303. The molecule has 0 N–H and O–H groups in total. The summed E-state index contributed by atoms with van der Waals surface area (Å²) in [6.45, 7) is 14.4. The van der Waals surface area contributed by atoms with Crippen LogP contribution in [-0.4, -0.2) is 14.9 Å². The maximum Gasteiger partial charge on any atom is 0.191 e. The molecular weight excluding hydrogens is 212 g/mol. The van der Waals surface area contributed by atoms with Crippen molar-refractivity contribution in [3.63, 3.8) is 0 Å². The topological polar surface area (TPSA) is 9.23 Å². The van der Waals surface area contributed by atoms with Gasteiger partial charge in [0, 0.05) is 6.61 Å². The fourth-order valence-electron chi connectivity index (χ4n) is 1.09. The van der Waals surface area contributed by atoms with Crippen LogP contribution >= 0.6 is 0 Å². The second-order valence-corrected chi connectivity index (χ2v) is 10.6. The molecule has 16 heavy (non-hydrogen) atoms. The molecule has 1 nitrogen and oxygen atoms in total. The van der Waals surface area contributed by atoms with Crippen molar-refractivity contribution in [2.45, 2.75) is 65.1 Å². The van der Waals surface area contributed by atoms with E-state index >= 15 is 0 Å². The third kappa shape index (κ3) is 6.32. The molecule has 0 aliphatic carbocycles. The highest BCUT2D eigenvalue weighted by Gasteiger charge is 2.36. The highest BCUT2D eigenvalue weighted by atomic mass is 28.4. The molecule has 0 unspecified atom stereocenters. The Kier molecular flexibility index (Phi) is 6.97. The first kappa shape index (κ1) is 15.7. The molecule has 0 aliphatic heterocycles. The zero-order valence-electron chi connectivity index (χ0n) is 11.9. The van der Waals surface area contributed by atoms with Gasteiger partial charge in [-0.05, 0) is 56.5 Å². The molecule has 0 amide bonds. The largest absolute Gasteiger partial charge is 0.417 e.